The summed E-state index contributed by atoms with van der Waals surface area (Å²) in [5, 5.41) is 3.36. The van der Waals surface area contributed by atoms with Crippen molar-refractivity contribution < 1.29 is 0 Å². The summed E-state index contributed by atoms with van der Waals surface area (Å²) in [6.07, 6.45) is 5.33. The van der Waals surface area contributed by atoms with Crippen molar-refractivity contribution in [3.8, 4) is 0 Å². The average Bonchev–Trinajstić information content (AvgIpc) is 2.87. The zero-order valence-electron chi connectivity index (χ0n) is 8.20. The summed E-state index contributed by atoms with van der Waals surface area (Å²) in [6, 6.07) is 0. The van der Waals surface area contributed by atoms with E-state index in [0.29, 0.717) is 12.2 Å². The van der Waals surface area contributed by atoms with E-state index < -0.39 is 0 Å². The first kappa shape index (κ1) is 8.60. The van der Waals surface area contributed by atoms with Gasteiger partial charge in [0.25, 0.3) is 0 Å². The van der Waals surface area contributed by atoms with Gasteiger partial charge in [-0.15, -0.1) is 0 Å². The van der Waals surface area contributed by atoms with Crippen LogP contribution < -0.4 is 11.1 Å². The molecule has 15 heavy (non-hydrogen) atoms. The number of imidazole rings is 1. The van der Waals surface area contributed by atoms with Gasteiger partial charge in [0, 0.05) is 6.54 Å². The Hall–Kier alpha value is -1.69. The Labute approximate surface area is 86.3 Å². The van der Waals surface area contributed by atoms with Crippen LogP contribution in [0.2, 0.25) is 0 Å². The highest BCUT2D eigenvalue weighted by atomic mass is 15.1. The highest BCUT2D eigenvalue weighted by Crippen LogP contribution is 2.38. The van der Waals surface area contributed by atoms with Crippen LogP contribution in [0.4, 0.5) is 5.82 Å². The number of nitrogens with one attached hydrogen (secondary N) is 2. The number of aromatic amines is 1. The quantitative estimate of drug-likeness (QED) is 0.666. The molecule has 0 saturated heterocycles. The van der Waals surface area contributed by atoms with Gasteiger partial charge >= 0.3 is 0 Å². The Bertz CT molecular complexity index is 486. The minimum absolute atomic E-state index is 0.0480. The minimum Gasteiger partial charge on any atom is -0.361 e. The molecule has 0 unspecified atom stereocenters. The van der Waals surface area contributed by atoms with Crippen molar-refractivity contribution in [1.29, 1.82) is 0 Å². The van der Waals surface area contributed by atoms with Gasteiger partial charge in [-0.3, -0.25) is 0 Å². The molecule has 0 amide bonds. The molecule has 2 aromatic heterocycles. The summed E-state index contributed by atoms with van der Waals surface area (Å²) in [5.41, 5.74) is 7.28. The lowest BCUT2D eigenvalue weighted by atomic mass is 10.2. The Morgan fingerprint density at radius 1 is 1.40 bits per heavy atom. The lowest BCUT2D eigenvalue weighted by molar-refractivity contribution is 0.738. The van der Waals surface area contributed by atoms with Crippen molar-refractivity contribution in [3.63, 3.8) is 0 Å². The van der Waals surface area contributed by atoms with Crippen LogP contribution in [0.5, 0.6) is 0 Å². The van der Waals surface area contributed by atoms with Crippen molar-refractivity contribution in [2.24, 2.45) is 5.73 Å². The highest BCUT2D eigenvalue weighted by Gasteiger charge is 2.41. The smallest absolute Gasteiger partial charge is 0.182 e. The maximum absolute atomic E-state index is 5.70. The number of aromatic nitrogens is 4. The fourth-order valence-electron chi connectivity index (χ4n) is 1.64. The fraction of sp³-hybridized carbons (Fsp3) is 0.444. The van der Waals surface area contributed by atoms with Gasteiger partial charge in [0.15, 0.2) is 11.5 Å². The van der Waals surface area contributed by atoms with Crippen LogP contribution in [0.15, 0.2) is 12.7 Å². The summed E-state index contributed by atoms with van der Waals surface area (Å²) in [6.45, 7) is 0.632. The molecule has 0 bridgehead atoms. The molecular formula is C9H12N6. The topological polar surface area (TPSA) is 92.5 Å². The molecule has 0 spiro atoms. The largest absolute Gasteiger partial charge is 0.361 e. The lowest BCUT2D eigenvalue weighted by Gasteiger charge is -2.15. The molecule has 1 aliphatic carbocycles. The van der Waals surface area contributed by atoms with Crippen LogP contribution in [0.1, 0.15) is 12.8 Å². The van der Waals surface area contributed by atoms with Crippen LogP contribution in [0, 0.1) is 0 Å². The molecule has 6 nitrogen and oxygen atoms in total. The van der Waals surface area contributed by atoms with Crippen molar-refractivity contribution in [2.45, 2.75) is 18.4 Å². The summed E-state index contributed by atoms with van der Waals surface area (Å²) < 4.78 is 0. The van der Waals surface area contributed by atoms with Crippen molar-refractivity contribution >= 4 is 17.0 Å². The number of H-pyrrole nitrogens is 1. The summed E-state index contributed by atoms with van der Waals surface area (Å²) in [4.78, 5) is 15.4. The van der Waals surface area contributed by atoms with E-state index in [0.717, 1.165) is 24.2 Å². The van der Waals surface area contributed by atoms with E-state index in [1.807, 2.05) is 0 Å². The van der Waals surface area contributed by atoms with Crippen LogP contribution in [-0.4, -0.2) is 32.0 Å². The predicted octanol–water partition coefficient (Wildman–Crippen LogP) is 0.256. The van der Waals surface area contributed by atoms with Crippen LogP contribution in [-0.2, 0) is 0 Å². The van der Waals surface area contributed by atoms with E-state index >= 15 is 0 Å². The molecule has 1 aliphatic rings. The second kappa shape index (κ2) is 2.90. The predicted molar refractivity (Wildman–Crippen MR) is 56.3 cm³/mol. The molecule has 0 aromatic carbocycles. The standard InChI is InChI=1S/C9H12N6/c10-3-9(1-2-9)15-8-6-7(12-4-11-6)13-5-14-8/h4-5H,1-3,10H2,(H2,11,12,13,14,15). The van der Waals surface area contributed by atoms with E-state index in [-0.39, 0.29) is 5.54 Å². The fourth-order valence-corrected chi connectivity index (χ4v) is 1.64. The molecule has 78 valence electrons. The van der Waals surface area contributed by atoms with Gasteiger partial charge in [-0.1, -0.05) is 0 Å². The third kappa shape index (κ3) is 1.33. The Kier molecular flexibility index (Phi) is 1.66. The molecule has 3 rings (SSSR count). The molecule has 2 heterocycles. The van der Waals surface area contributed by atoms with Crippen LogP contribution >= 0.6 is 0 Å². The monoisotopic (exact) mass is 204 g/mol. The second-order valence-electron chi connectivity index (χ2n) is 3.93. The first-order valence-corrected chi connectivity index (χ1v) is 4.95. The third-order valence-corrected chi connectivity index (χ3v) is 2.85. The molecule has 1 fully saturated rings. The molecular weight excluding hydrogens is 192 g/mol. The number of anilines is 1. The Balaban J connectivity index is 2.00. The molecule has 0 aliphatic heterocycles. The summed E-state index contributed by atoms with van der Waals surface area (Å²) in [7, 11) is 0. The highest BCUT2D eigenvalue weighted by molar-refractivity contribution is 5.82. The number of fused-ring (bicyclic) bond motifs is 1. The molecule has 1 saturated carbocycles. The molecule has 2 aromatic rings. The van der Waals surface area contributed by atoms with Crippen LogP contribution in [0.3, 0.4) is 0 Å². The van der Waals surface area contributed by atoms with Gasteiger partial charge in [-0.05, 0) is 12.8 Å². The minimum atomic E-state index is 0.0480. The van der Waals surface area contributed by atoms with Gasteiger partial charge in [0.2, 0.25) is 0 Å². The molecule has 4 N–H and O–H groups in total. The third-order valence-electron chi connectivity index (χ3n) is 2.85. The number of nitrogens with two attached hydrogens (primary N) is 1. The second-order valence-corrected chi connectivity index (χ2v) is 3.93. The zero-order valence-corrected chi connectivity index (χ0v) is 8.20. The van der Waals surface area contributed by atoms with Crippen molar-refractivity contribution in [1.82, 2.24) is 19.9 Å². The summed E-state index contributed by atoms with van der Waals surface area (Å²) in [5.74, 6) is 0.792. The maximum atomic E-state index is 5.70. The van der Waals surface area contributed by atoms with Gasteiger partial charge in [0.1, 0.15) is 11.8 Å². The molecule has 0 radical (unpaired) electrons. The van der Waals surface area contributed by atoms with E-state index in [4.69, 9.17) is 5.73 Å². The summed E-state index contributed by atoms with van der Waals surface area (Å²) >= 11 is 0. The van der Waals surface area contributed by atoms with Crippen molar-refractivity contribution in [3.05, 3.63) is 12.7 Å². The first-order chi connectivity index (χ1) is 7.33. The number of hydrogen-bond acceptors (Lipinski definition) is 5. The van der Waals surface area contributed by atoms with E-state index in [9.17, 15) is 0 Å². The number of nitrogens with zero attached hydrogens (tertiary/aromatic N) is 3. The van der Waals surface area contributed by atoms with Crippen molar-refractivity contribution in [2.75, 3.05) is 11.9 Å². The van der Waals surface area contributed by atoms with E-state index in [2.05, 4.69) is 25.3 Å². The average molecular weight is 204 g/mol. The van der Waals surface area contributed by atoms with E-state index in [1.54, 1.807) is 6.33 Å². The van der Waals surface area contributed by atoms with Gasteiger partial charge in [-0.25, -0.2) is 15.0 Å². The van der Waals surface area contributed by atoms with Gasteiger partial charge in [0.05, 0.1) is 11.9 Å². The van der Waals surface area contributed by atoms with Crippen LogP contribution in [0.25, 0.3) is 11.2 Å². The number of rotatable bonds is 3. The van der Waals surface area contributed by atoms with Gasteiger partial charge < -0.3 is 16.0 Å². The van der Waals surface area contributed by atoms with Gasteiger partial charge in [-0.2, -0.15) is 0 Å². The first-order valence-electron chi connectivity index (χ1n) is 4.95. The van der Waals surface area contributed by atoms with E-state index in [1.165, 1.54) is 6.33 Å². The maximum Gasteiger partial charge on any atom is 0.182 e. The SMILES string of the molecule is NCC1(Nc2ncnc3nc[nH]c23)CC1. The molecule has 6 heteroatoms. The lowest BCUT2D eigenvalue weighted by Crippen LogP contribution is -2.31. The number of hydrogen-bond donors (Lipinski definition) is 3. The normalized spacial score (nSPS) is 17.9. The zero-order chi connectivity index (χ0) is 10.3. The Morgan fingerprint density at radius 3 is 3.00 bits per heavy atom. The molecule has 0 atom stereocenters. The Morgan fingerprint density at radius 2 is 2.27 bits per heavy atom.